The van der Waals surface area contributed by atoms with Gasteiger partial charge in [0.2, 0.25) is 0 Å². The van der Waals surface area contributed by atoms with Gasteiger partial charge in [-0.1, -0.05) is 0 Å². The van der Waals surface area contributed by atoms with Gasteiger partial charge in [-0.05, 0) is 84.9 Å². The van der Waals surface area contributed by atoms with Crippen molar-refractivity contribution in [1.82, 2.24) is 29.1 Å². The third kappa shape index (κ3) is 3.02. The molecule has 0 bridgehead atoms. The Morgan fingerprint density at radius 2 is 0.935 bits per heavy atom. The van der Waals surface area contributed by atoms with Crippen LogP contribution in [0.2, 0.25) is 0 Å². The fourth-order valence-corrected chi connectivity index (χ4v) is 7.23. The second-order valence-corrected chi connectivity index (χ2v) is 11.6. The van der Waals surface area contributed by atoms with Crippen molar-refractivity contribution in [3.63, 3.8) is 0 Å². The van der Waals surface area contributed by atoms with E-state index in [0.717, 1.165) is 99.1 Å². The summed E-state index contributed by atoms with van der Waals surface area (Å²) < 4.78 is 17.3. The van der Waals surface area contributed by atoms with Crippen LogP contribution in [0.3, 0.4) is 0 Å². The van der Waals surface area contributed by atoms with E-state index in [1.807, 2.05) is 73.6 Å². The molecule has 214 valence electrons. The number of benzene rings is 3. The Kier molecular flexibility index (Phi) is 4.43. The number of aromatic nitrogens is 6. The molecule has 8 aromatic heterocycles. The van der Waals surface area contributed by atoms with Crippen LogP contribution in [0.4, 0.5) is 0 Å². The van der Waals surface area contributed by atoms with Crippen molar-refractivity contribution in [1.29, 1.82) is 0 Å². The van der Waals surface area contributed by atoms with Crippen molar-refractivity contribution in [2.24, 2.45) is 0 Å². The topological polar surface area (TPSA) is 87.7 Å². The van der Waals surface area contributed by atoms with Crippen LogP contribution in [-0.2, 0) is 0 Å². The summed E-state index contributed by atoms with van der Waals surface area (Å²) >= 11 is 0. The van der Waals surface area contributed by atoms with Crippen molar-refractivity contribution >= 4 is 87.7 Å². The second kappa shape index (κ2) is 8.55. The van der Waals surface area contributed by atoms with Crippen LogP contribution in [0.25, 0.3) is 99.1 Å². The molecule has 0 saturated heterocycles. The van der Waals surface area contributed by atoms with Crippen LogP contribution < -0.4 is 0 Å². The summed E-state index contributed by atoms with van der Waals surface area (Å²) in [5, 5.41) is 8.42. The van der Waals surface area contributed by atoms with Crippen LogP contribution >= 0.6 is 0 Å². The van der Waals surface area contributed by atoms with Gasteiger partial charge >= 0.3 is 0 Å². The highest BCUT2D eigenvalue weighted by atomic mass is 16.4. The molecule has 0 atom stereocenters. The number of furan rings is 2. The molecule has 0 saturated carbocycles. The minimum absolute atomic E-state index is 0.729. The van der Waals surface area contributed by atoms with E-state index in [9.17, 15) is 0 Å². The molecule has 0 radical (unpaired) electrons. The predicted molar refractivity (Wildman–Crippen MR) is 181 cm³/mol. The smallest absolute Gasteiger partial charge is 0.178 e. The lowest BCUT2D eigenvalue weighted by Gasteiger charge is -2.07. The molecule has 11 rings (SSSR count). The van der Waals surface area contributed by atoms with Crippen LogP contribution in [0.15, 0.2) is 131 Å². The molecule has 0 unspecified atom stereocenters. The van der Waals surface area contributed by atoms with Gasteiger partial charge in [-0.25, -0.2) is 9.97 Å². The van der Waals surface area contributed by atoms with Gasteiger partial charge in [0.25, 0.3) is 0 Å². The number of pyridine rings is 4. The largest absolute Gasteiger partial charge is 0.452 e. The molecule has 3 aromatic carbocycles. The average molecular weight is 593 g/mol. The minimum atomic E-state index is 0.729. The van der Waals surface area contributed by atoms with Crippen molar-refractivity contribution in [3.05, 3.63) is 122 Å². The number of hydrogen-bond acceptors (Lipinski definition) is 6. The third-order valence-electron chi connectivity index (χ3n) is 9.22. The maximum atomic E-state index is 6.51. The Morgan fingerprint density at radius 1 is 0.435 bits per heavy atom. The molecule has 11 aromatic rings. The lowest BCUT2D eigenvalue weighted by molar-refractivity contribution is 0.633. The van der Waals surface area contributed by atoms with Crippen molar-refractivity contribution in [2.75, 3.05) is 0 Å². The van der Waals surface area contributed by atoms with Gasteiger partial charge in [0, 0.05) is 79.3 Å². The zero-order valence-corrected chi connectivity index (χ0v) is 24.0. The number of hydrogen-bond donors (Lipinski definition) is 0. The normalized spacial score (nSPS) is 12.3. The molecule has 0 spiro atoms. The van der Waals surface area contributed by atoms with E-state index < -0.39 is 0 Å². The summed E-state index contributed by atoms with van der Waals surface area (Å²) in [6, 6.07) is 29.0. The zero-order valence-electron chi connectivity index (χ0n) is 24.0. The monoisotopic (exact) mass is 592 g/mol. The van der Waals surface area contributed by atoms with Gasteiger partial charge in [-0.2, -0.15) is 0 Å². The Morgan fingerprint density at radius 3 is 1.43 bits per heavy atom. The average Bonchev–Trinajstić information content (AvgIpc) is 3.85. The zero-order chi connectivity index (χ0) is 29.9. The Balaban J connectivity index is 1.13. The Bertz CT molecular complexity index is 2740. The third-order valence-corrected chi connectivity index (χ3v) is 9.22. The van der Waals surface area contributed by atoms with Crippen molar-refractivity contribution < 1.29 is 8.83 Å². The van der Waals surface area contributed by atoms with Gasteiger partial charge in [0.05, 0.1) is 23.4 Å². The summed E-state index contributed by atoms with van der Waals surface area (Å²) in [4.78, 5) is 18.3. The Labute approximate surface area is 258 Å². The van der Waals surface area contributed by atoms with E-state index in [1.165, 1.54) is 0 Å². The molecule has 8 nitrogen and oxygen atoms in total. The molecular weight excluding hydrogens is 572 g/mol. The summed E-state index contributed by atoms with van der Waals surface area (Å²) in [5.74, 6) is 0. The quantitative estimate of drug-likeness (QED) is 0.199. The van der Waals surface area contributed by atoms with E-state index in [2.05, 4.69) is 67.6 Å². The molecule has 8 heterocycles. The lowest BCUT2D eigenvalue weighted by atomic mass is 10.1. The van der Waals surface area contributed by atoms with E-state index in [0.29, 0.717) is 0 Å². The lowest BCUT2D eigenvalue weighted by Crippen LogP contribution is -1.95. The first-order valence-electron chi connectivity index (χ1n) is 15.0. The first-order valence-corrected chi connectivity index (χ1v) is 15.0. The molecule has 8 heteroatoms. The number of rotatable bonds is 2. The summed E-state index contributed by atoms with van der Waals surface area (Å²) in [6.07, 6.45) is 11.1. The summed E-state index contributed by atoms with van der Waals surface area (Å²) in [6.45, 7) is 0. The molecule has 0 aliphatic heterocycles. The van der Waals surface area contributed by atoms with Crippen LogP contribution in [0, 0.1) is 0 Å². The molecule has 0 amide bonds. The van der Waals surface area contributed by atoms with E-state index in [1.54, 1.807) is 0 Å². The maximum absolute atomic E-state index is 6.51. The Hall–Kier alpha value is -6.54. The van der Waals surface area contributed by atoms with Crippen LogP contribution in [-0.4, -0.2) is 29.1 Å². The first-order chi connectivity index (χ1) is 22.8. The SMILES string of the molecule is c1cnc2c(c1)c1ccncc1n2-c1ccc2oc3c(ccc4c5cc(-n6c7cnccc7c7cccnc76)ccc5oc43)c2c1. The fraction of sp³-hybridized carbons (Fsp3) is 0. The van der Waals surface area contributed by atoms with Gasteiger partial charge in [-0.3, -0.25) is 19.1 Å². The maximum Gasteiger partial charge on any atom is 0.178 e. The van der Waals surface area contributed by atoms with Gasteiger partial charge in [0.15, 0.2) is 11.2 Å². The van der Waals surface area contributed by atoms with E-state index in [4.69, 9.17) is 18.8 Å². The molecule has 0 aliphatic rings. The van der Waals surface area contributed by atoms with Crippen molar-refractivity contribution in [3.8, 4) is 11.4 Å². The minimum Gasteiger partial charge on any atom is -0.452 e. The molecule has 0 aliphatic carbocycles. The summed E-state index contributed by atoms with van der Waals surface area (Å²) in [5.41, 5.74) is 8.83. The molecule has 0 N–H and O–H groups in total. The van der Waals surface area contributed by atoms with E-state index >= 15 is 0 Å². The predicted octanol–water partition coefficient (Wildman–Crippen LogP) is 9.26. The fourth-order valence-electron chi connectivity index (χ4n) is 7.23. The highest BCUT2D eigenvalue weighted by Gasteiger charge is 2.20. The van der Waals surface area contributed by atoms with Gasteiger partial charge in [0.1, 0.15) is 22.5 Å². The summed E-state index contributed by atoms with van der Waals surface area (Å²) in [7, 11) is 0. The number of fused-ring (bicyclic) bond motifs is 13. The number of nitrogens with zero attached hydrogens (tertiary/aromatic N) is 6. The second-order valence-electron chi connectivity index (χ2n) is 11.6. The van der Waals surface area contributed by atoms with Crippen LogP contribution in [0.5, 0.6) is 0 Å². The van der Waals surface area contributed by atoms with Crippen molar-refractivity contribution in [2.45, 2.75) is 0 Å². The standard InChI is InChI=1S/C38H20N6O2/c1-3-27-23-11-15-39-19-31(23)43(37(27)41-13-1)21-5-9-33-29(17-21)25-7-8-26-30-18-22(6-10-34(30)46-36(26)35(25)45-33)44-32-20-40-16-12-24(32)28-4-2-14-42-38(28)44/h1-20H. The molecular formula is C38H20N6O2. The highest BCUT2D eigenvalue weighted by Crippen LogP contribution is 2.41. The van der Waals surface area contributed by atoms with Gasteiger partial charge in [-0.15, -0.1) is 0 Å². The van der Waals surface area contributed by atoms with Crippen LogP contribution in [0.1, 0.15) is 0 Å². The molecule has 46 heavy (non-hydrogen) atoms. The van der Waals surface area contributed by atoms with E-state index in [-0.39, 0.29) is 0 Å². The first kappa shape index (κ1) is 23.9. The highest BCUT2D eigenvalue weighted by molar-refractivity contribution is 6.19. The van der Waals surface area contributed by atoms with Gasteiger partial charge < -0.3 is 8.83 Å². The molecule has 0 fully saturated rings.